The summed E-state index contributed by atoms with van der Waals surface area (Å²) in [7, 11) is 0. The second kappa shape index (κ2) is 6.07. The second-order valence-electron chi connectivity index (χ2n) is 7.74. The standard InChI is InChI=1S/C19H18ClF3N4/c20-18-17-16(25-9-26-18)13-5-10(7-24-14-6-11-3-12(14)4-11)1-2-15(13)27(17)8-19(21,22)23/h1-2,5,9,11-12,14,24H,3-4,6-8H2/t11?,12?,14-/m0/s1. The number of alkyl halides is 3. The molecule has 1 N–H and O–H groups in total. The Kier molecular flexibility index (Phi) is 3.88. The van der Waals surface area contributed by atoms with Gasteiger partial charge in [-0.15, -0.1) is 0 Å². The number of rotatable bonds is 4. The Morgan fingerprint density at radius 1 is 1.19 bits per heavy atom. The Morgan fingerprint density at radius 3 is 2.70 bits per heavy atom. The number of nitrogens with one attached hydrogen (secondary N) is 1. The van der Waals surface area contributed by atoms with Gasteiger partial charge in [0, 0.05) is 18.0 Å². The molecule has 6 rings (SSSR count). The highest BCUT2D eigenvalue weighted by molar-refractivity contribution is 6.34. The third-order valence-corrected chi connectivity index (χ3v) is 6.27. The first-order valence-corrected chi connectivity index (χ1v) is 9.48. The Balaban J connectivity index is 1.53. The van der Waals surface area contributed by atoms with E-state index < -0.39 is 12.7 Å². The van der Waals surface area contributed by atoms with Crippen molar-refractivity contribution in [1.82, 2.24) is 19.9 Å². The number of benzene rings is 1. The minimum absolute atomic E-state index is 0.0332. The quantitative estimate of drug-likeness (QED) is 0.653. The van der Waals surface area contributed by atoms with Crippen LogP contribution in [0.4, 0.5) is 13.2 Å². The van der Waals surface area contributed by atoms with Gasteiger partial charge >= 0.3 is 6.18 Å². The van der Waals surface area contributed by atoms with Crippen molar-refractivity contribution in [2.75, 3.05) is 0 Å². The Bertz CT molecular complexity index is 1020. The molecule has 1 atom stereocenters. The van der Waals surface area contributed by atoms with Gasteiger partial charge in [0.1, 0.15) is 23.9 Å². The topological polar surface area (TPSA) is 42.7 Å². The first-order chi connectivity index (χ1) is 12.9. The molecular formula is C19H18ClF3N4. The smallest absolute Gasteiger partial charge is 0.327 e. The third-order valence-electron chi connectivity index (χ3n) is 5.99. The summed E-state index contributed by atoms with van der Waals surface area (Å²) in [5, 5.41) is 4.32. The molecule has 0 aliphatic heterocycles. The van der Waals surface area contributed by atoms with Gasteiger partial charge in [-0.3, -0.25) is 0 Å². The molecule has 8 heteroatoms. The summed E-state index contributed by atoms with van der Waals surface area (Å²) in [6.07, 6.45) is 0.828. The van der Waals surface area contributed by atoms with Gasteiger partial charge in [-0.1, -0.05) is 17.7 Å². The Morgan fingerprint density at radius 2 is 2.00 bits per heavy atom. The van der Waals surface area contributed by atoms with E-state index in [4.69, 9.17) is 11.6 Å². The van der Waals surface area contributed by atoms with Crippen LogP contribution in [0.5, 0.6) is 0 Å². The third kappa shape index (κ3) is 2.97. The van der Waals surface area contributed by atoms with Crippen molar-refractivity contribution < 1.29 is 13.2 Å². The highest BCUT2D eigenvalue weighted by atomic mass is 35.5. The predicted octanol–water partition coefficient (Wildman–Crippen LogP) is 4.69. The van der Waals surface area contributed by atoms with Gasteiger partial charge in [0.2, 0.25) is 0 Å². The van der Waals surface area contributed by atoms with Crippen molar-refractivity contribution in [3.05, 3.63) is 35.2 Å². The lowest BCUT2D eigenvalue weighted by Crippen LogP contribution is -2.31. The molecule has 3 aliphatic rings. The summed E-state index contributed by atoms with van der Waals surface area (Å²) < 4.78 is 40.5. The van der Waals surface area contributed by atoms with E-state index in [9.17, 15) is 13.2 Å². The van der Waals surface area contributed by atoms with E-state index in [-0.39, 0.29) is 10.7 Å². The van der Waals surface area contributed by atoms with Crippen molar-refractivity contribution in [2.24, 2.45) is 11.8 Å². The van der Waals surface area contributed by atoms with Crippen molar-refractivity contribution in [3.8, 4) is 0 Å². The van der Waals surface area contributed by atoms with Crippen molar-refractivity contribution in [3.63, 3.8) is 0 Å². The highest BCUT2D eigenvalue weighted by Crippen LogP contribution is 2.48. The van der Waals surface area contributed by atoms with Gasteiger partial charge < -0.3 is 9.88 Å². The summed E-state index contributed by atoms with van der Waals surface area (Å²) >= 11 is 6.12. The van der Waals surface area contributed by atoms with Crippen LogP contribution in [-0.2, 0) is 13.1 Å². The second-order valence-corrected chi connectivity index (χ2v) is 8.09. The van der Waals surface area contributed by atoms with Crippen molar-refractivity contribution in [1.29, 1.82) is 0 Å². The number of hydrogen-bond acceptors (Lipinski definition) is 3. The number of fused-ring (bicyclic) bond motifs is 4. The molecule has 2 bridgehead atoms. The fraction of sp³-hybridized carbons (Fsp3) is 0.474. The fourth-order valence-electron chi connectivity index (χ4n) is 4.73. The molecule has 0 amide bonds. The zero-order chi connectivity index (χ0) is 18.8. The molecular weight excluding hydrogens is 377 g/mol. The summed E-state index contributed by atoms with van der Waals surface area (Å²) in [5.41, 5.74) is 2.19. The summed E-state index contributed by atoms with van der Waals surface area (Å²) in [4.78, 5) is 8.09. The van der Waals surface area contributed by atoms with E-state index in [0.29, 0.717) is 29.0 Å². The Labute approximate surface area is 158 Å². The maximum Gasteiger partial charge on any atom is 0.406 e. The minimum atomic E-state index is -4.36. The largest absolute Gasteiger partial charge is 0.406 e. The average Bonchev–Trinajstić information content (AvgIpc) is 3.24. The monoisotopic (exact) mass is 394 g/mol. The van der Waals surface area contributed by atoms with Crippen LogP contribution in [0.15, 0.2) is 24.5 Å². The molecule has 0 saturated heterocycles. The number of nitrogens with zero attached hydrogens (tertiary/aromatic N) is 3. The number of aromatic nitrogens is 3. The van der Waals surface area contributed by atoms with Crippen LogP contribution < -0.4 is 5.32 Å². The predicted molar refractivity (Wildman–Crippen MR) is 97.6 cm³/mol. The van der Waals surface area contributed by atoms with E-state index in [1.165, 1.54) is 25.6 Å². The molecule has 0 radical (unpaired) electrons. The average molecular weight is 395 g/mol. The van der Waals surface area contributed by atoms with E-state index in [2.05, 4.69) is 15.3 Å². The molecule has 3 saturated carbocycles. The van der Waals surface area contributed by atoms with Crippen LogP contribution in [-0.4, -0.2) is 26.8 Å². The van der Waals surface area contributed by atoms with Crippen LogP contribution in [0, 0.1) is 11.8 Å². The van der Waals surface area contributed by atoms with Gasteiger partial charge in [-0.25, -0.2) is 9.97 Å². The van der Waals surface area contributed by atoms with Crippen molar-refractivity contribution in [2.45, 2.75) is 44.6 Å². The molecule has 1 aromatic carbocycles. The van der Waals surface area contributed by atoms with Gasteiger partial charge in [0.15, 0.2) is 5.15 Å². The molecule has 142 valence electrons. The summed E-state index contributed by atoms with van der Waals surface area (Å²) in [5.74, 6) is 1.67. The van der Waals surface area contributed by atoms with E-state index in [1.54, 1.807) is 6.07 Å². The van der Waals surface area contributed by atoms with Gasteiger partial charge in [0.05, 0.1) is 5.52 Å². The normalized spacial score (nSPS) is 24.7. The van der Waals surface area contributed by atoms with E-state index >= 15 is 0 Å². The molecule has 2 heterocycles. The van der Waals surface area contributed by atoms with Crippen LogP contribution >= 0.6 is 11.6 Å². The van der Waals surface area contributed by atoms with Gasteiger partial charge in [0.25, 0.3) is 0 Å². The molecule has 2 aromatic heterocycles. The molecule has 3 aliphatic carbocycles. The van der Waals surface area contributed by atoms with E-state index in [0.717, 1.165) is 22.0 Å². The lowest BCUT2D eigenvalue weighted by molar-refractivity contribution is -0.139. The van der Waals surface area contributed by atoms with Crippen molar-refractivity contribution >= 4 is 33.5 Å². The van der Waals surface area contributed by atoms with Crippen LogP contribution in [0.3, 0.4) is 0 Å². The summed E-state index contributed by atoms with van der Waals surface area (Å²) in [6, 6.07) is 6.08. The molecule has 3 fully saturated rings. The zero-order valence-electron chi connectivity index (χ0n) is 14.4. The molecule has 0 spiro atoms. The Hall–Kier alpha value is -1.86. The van der Waals surface area contributed by atoms with Crippen LogP contribution in [0.1, 0.15) is 24.8 Å². The first kappa shape index (κ1) is 17.3. The lowest BCUT2D eigenvalue weighted by Gasteiger charge is -2.24. The van der Waals surface area contributed by atoms with E-state index in [1.807, 2.05) is 12.1 Å². The van der Waals surface area contributed by atoms with Crippen LogP contribution in [0.2, 0.25) is 5.15 Å². The first-order valence-electron chi connectivity index (χ1n) is 9.10. The molecule has 27 heavy (non-hydrogen) atoms. The number of halogens is 4. The maximum absolute atomic E-state index is 13.1. The molecule has 4 nitrogen and oxygen atoms in total. The van der Waals surface area contributed by atoms with Gasteiger partial charge in [-0.05, 0) is 48.8 Å². The fourth-order valence-corrected chi connectivity index (χ4v) is 4.97. The number of hydrogen-bond donors (Lipinski definition) is 1. The lowest BCUT2D eigenvalue weighted by atomic mass is 9.84. The summed E-state index contributed by atoms with van der Waals surface area (Å²) in [6.45, 7) is -0.419. The van der Waals surface area contributed by atoms with Crippen LogP contribution in [0.25, 0.3) is 21.9 Å². The highest BCUT2D eigenvalue weighted by Gasteiger charge is 2.43. The minimum Gasteiger partial charge on any atom is -0.327 e. The maximum atomic E-state index is 13.1. The van der Waals surface area contributed by atoms with Gasteiger partial charge in [-0.2, -0.15) is 13.2 Å². The SMILES string of the molecule is FC(F)(F)Cn1c2ccc(CN[C@H]3CC4CC3C4)cc2c2ncnc(Cl)c21. The zero-order valence-corrected chi connectivity index (χ0v) is 15.2. The molecule has 0 unspecified atom stereocenters. The molecule has 3 aromatic rings.